The summed E-state index contributed by atoms with van der Waals surface area (Å²) in [6.07, 6.45) is 3.41. The van der Waals surface area contributed by atoms with Gasteiger partial charge in [-0.1, -0.05) is 66.7 Å². The van der Waals surface area contributed by atoms with Crippen LogP contribution in [0.5, 0.6) is 0 Å². The van der Waals surface area contributed by atoms with Crippen molar-refractivity contribution in [1.82, 2.24) is 10.3 Å². The Hall–Kier alpha value is -6.46. The Morgan fingerprint density at radius 2 is 1.35 bits per heavy atom. The van der Waals surface area contributed by atoms with Crippen molar-refractivity contribution >= 4 is 63.5 Å². The van der Waals surface area contributed by atoms with Gasteiger partial charge in [-0.25, -0.2) is 0 Å². The number of fused-ring (bicyclic) bond motifs is 1. The number of carbonyl (C=O) groups is 3. The van der Waals surface area contributed by atoms with Crippen LogP contribution in [0.3, 0.4) is 0 Å². The molecule has 0 saturated carbocycles. The lowest BCUT2D eigenvalue weighted by Crippen LogP contribution is -2.30. The number of benzene rings is 5. The number of H-pyrrole nitrogens is 1. The van der Waals surface area contributed by atoms with Crippen molar-refractivity contribution in [3.05, 3.63) is 172 Å². The Morgan fingerprint density at radius 3 is 2.04 bits per heavy atom. The van der Waals surface area contributed by atoms with Crippen LogP contribution in [0.25, 0.3) is 17.0 Å². The van der Waals surface area contributed by atoms with Gasteiger partial charge in [0, 0.05) is 56.6 Å². The number of carbonyl (C=O) groups excluding carboxylic acids is 3. The maximum absolute atomic E-state index is 13.6. The highest BCUT2D eigenvalue weighted by Gasteiger charge is 2.23. The van der Waals surface area contributed by atoms with Gasteiger partial charge in [-0.05, 0) is 66.2 Å². The molecule has 10 nitrogen and oxygen atoms in total. The highest BCUT2D eigenvalue weighted by molar-refractivity contribution is 8.00. The molecule has 5 aromatic carbocycles. The van der Waals surface area contributed by atoms with Gasteiger partial charge < -0.3 is 20.9 Å². The summed E-state index contributed by atoms with van der Waals surface area (Å²) in [6.45, 7) is 0. The van der Waals surface area contributed by atoms with E-state index in [2.05, 4.69) is 20.9 Å². The van der Waals surface area contributed by atoms with E-state index in [9.17, 15) is 24.5 Å². The standard InChI is InChI=1S/C38H29N5O5S/c44-36(26-11-5-2-6-12-26)42-34(23-27-24-39-33-14-8-7-13-32(27)33)37(45)40-29-17-21-31(22-18-29)49-35(25-9-3-1-4-10-25)38(46)41-28-15-19-30(20-16-28)43(47)48/h1-24,35,39H,(H,40,45)(H,41,46)(H,42,44)/b34-23-/t35-/m0/s1. The first-order chi connectivity index (χ1) is 23.8. The number of nitro groups is 1. The molecule has 0 aliphatic rings. The quantitative estimate of drug-likeness (QED) is 0.0477. The fraction of sp³-hybridized carbons (Fsp3) is 0.0263. The van der Waals surface area contributed by atoms with Crippen LogP contribution in [0, 0.1) is 10.1 Å². The van der Waals surface area contributed by atoms with E-state index in [1.165, 1.54) is 36.0 Å². The molecule has 1 aromatic heterocycles. The van der Waals surface area contributed by atoms with E-state index < -0.39 is 22.0 Å². The van der Waals surface area contributed by atoms with Gasteiger partial charge in [-0.15, -0.1) is 11.8 Å². The van der Waals surface area contributed by atoms with Crippen molar-refractivity contribution in [2.75, 3.05) is 10.6 Å². The summed E-state index contributed by atoms with van der Waals surface area (Å²) in [6, 6.07) is 38.2. The van der Waals surface area contributed by atoms with Gasteiger partial charge in [0.05, 0.1) is 4.92 Å². The smallest absolute Gasteiger partial charge is 0.272 e. The molecule has 242 valence electrons. The molecule has 0 fully saturated rings. The maximum Gasteiger partial charge on any atom is 0.272 e. The monoisotopic (exact) mass is 667 g/mol. The number of aromatic nitrogens is 1. The van der Waals surface area contributed by atoms with Crippen molar-refractivity contribution in [2.45, 2.75) is 10.1 Å². The molecule has 0 spiro atoms. The van der Waals surface area contributed by atoms with Crippen LogP contribution in [0.4, 0.5) is 17.1 Å². The lowest BCUT2D eigenvalue weighted by atomic mass is 10.1. The fourth-order valence-electron chi connectivity index (χ4n) is 5.04. The zero-order chi connectivity index (χ0) is 34.2. The molecule has 3 amide bonds. The van der Waals surface area contributed by atoms with Crippen molar-refractivity contribution in [2.24, 2.45) is 0 Å². The molecule has 6 rings (SSSR count). The summed E-state index contributed by atoms with van der Waals surface area (Å²) in [5, 5.41) is 19.8. The maximum atomic E-state index is 13.6. The third-order valence-electron chi connectivity index (χ3n) is 7.50. The topological polar surface area (TPSA) is 146 Å². The number of rotatable bonds is 11. The minimum absolute atomic E-state index is 0.0594. The van der Waals surface area contributed by atoms with E-state index in [-0.39, 0.29) is 17.3 Å². The number of non-ortho nitro benzene ring substituents is 1. The summed E-state index contributed by atoms with van der Waals surface area (Å²) in [7, 11) is 0. The minimum Gasteiger partial charge on any atom is -0.361 e. The molecule has 1 heterocycles. The summed E-state index contributed by atoms with van der Waals surface area (Å²) in [5.41, 5.74) is 3.72. The average molecular weight is 668 g/mol. The van der Waals surface area contributed by atoms with Gasteiger partial charge in [0.1, 0.15) is 10.9 Å². The number of nitrogens with zero attached hydrogens (tertiary/aromatic N) is 1. The average Bonchev–Trinajstić information content (AvgIpc) is 3.54. The highest BCUT2D eigenvalue weighted by atomic mass is 32.2. The molecule has 1 atom stereocenters. The second-order valence-corrected chi connectivity index (χ2v) is 12.0. The lowest BCUT2D eigenvalue weighted by molar-refractivity contribution is -0.384. The van der Waals surface area contributed by atoms with Crippen molar-refractivity contribution in [3.8, 4) is 0 Å². The van der Waals surface area contributed by atoms with Crippen molar-refractivity contribution in [3.63, 3.8) is 0 Å². The van der Waals surface area contributed by atoms with Crippen LogP contribution < -0.4 is 16.0 Å². The predicted octanol–water partition coefficient (Wildman–Crippen LogP) is 7.96. The first-order valence-electron chi connectivity index (χ1n) is 15.2. The van der Waals surface area contributed by atoms with Crippen LogP contribution in [-0.4, -0.2) is 27.6 Å². The van der Waals surface area contributed by atoms with E-state index in [1.807, 2.05) is 60.7 Å². The van der Waals surface area contributed by atoms with Gasteiger partial charge in [-0.2, -0.15) is 0 Å². The van der Waals surface area contributed by atoms with Gasteiger partial charge in [0.25, 0.3) is 17.5 Å². The molecule has 0 aliphatic heterocycles. The van der Waals surface area contributed by atoms with Crippen LogP contribution >= 0.6 is 11.8 Å². The van der Waals surface area contributed by atoms with E-state index >= 15 is 0 Å². The van der Waals surface area contributed by atoms with E-state index in [0.717, 1.165) is 26.9 Å². The van der Waals surface area contributed by atoms with Gasteiger partial charge in [0.15, 0.2) is 0 Å². The van der Waals surface area contributed by atoms with Crippen LogP contribution in [0.15, 0.2) is 150 Å². The van der Waals surface area contributed by atoms with E-state index in [0.29, 0.717) is 16.9 Å². The molecule has 11 heteroatoms. The Morgan fingerprint density at radius 1 is 0.735 bits per heavy atom. The Kier molecular flexibility index (Phi) is 9.92. The fourth-order valence-corrected chi connectivity index (χ4v) is 6.06. The molecule has 0 saturated heterocycles. The molecule has 0 bridgehead atoms. The second-order valence-electron chi connectivity index (χ2n) is 10.8. The van der Waals surface area contributed by atoms with Crippen molar-refractivity contribution in [1.29, 1.82) is 0 Å². The Bertz CT molecular complexity index is 2150. The van der Waals surface area contributed by atoms with Crippen molar-refractivity contribution < 1.29 is 19.3 Å². The number of anilines is 2. The minimum atomic E-state index is -0.643. The lowest BCUT2D eigenvalue weighted by Gasteiger charge is -2.17. The number of nitrogens with one attached hydrogen (secondary N) is 4. The molecule has 6 aromatic rings. The van der Waals surface area contributed by atoms with Crippen LogP contribution in [0.1, 0.15) is 26.7 Å². The molecule has 4 N–H and O–H groups in total. The third kappa shape index (κ3) is 8.10. The number of hydrogen-bond donors (Lipinski definition) is 4. The summed E-state index contributed by atoms with van der Waals surface area (Å²) in [4.78, 5) is 54.6. The molecule has 0 radical (unpaired) electrons. The first-order valence-corrected chi connectivity index (χ1v) is 16.0. The zero-order valence-corrected chi connectivity index (χ0v) is 26.6. The van der Waals surface area contributed by atoms with E-state index in [1.54, 1.807) is 60.8 Å². The largest absolute Gasteiger partial charge is 0.361 e. The third-order valence-corrected chi connectivity index (χ3v) is 8.77. The summed E-state index contributed by atoms with van der Waals surface area (Å²) < 4.78 is 0. The number of para-hydroxylation sites is 1. The number of thioether (sulfide) groups is 1. The summed E-state index contributed by atoms with van der Waals surface area (Å²) in [5.74, 6) is -1.24. The summed E-state index contributed by atoms with van der Waals surface area (Å²) >= 11 is 1.32. The molecular formula is C38H29N5O5S. The number of nitro benzene ring substituents is 1. The van der Waals surface area contributed by atoms with Gasteiger partial charge >= 0.3 is 0 Å². The zero-order valence-electron chi connectivity index (χ0n) is 25.8. The number of aromatic amines is 1. The number of hydrogen-bond acceptors (Lipinski definition) is 6. The van der Waals surface area contributed by atoms with Gasteiger partial charge in [-0.3, -0.25) is 24.5 Å². The Balaban J connectivity index is 1.20. The van der Waals surface area contributed by atoms with Crippen LogP contribution in [-0.2, 0) is 9.59 Å². The Labute approximate surface area is 285 Å². The van der Waals surface area contributed by atoms with E-state index in [4.69, 9.17) is 0 Å². The second kappa shape index (κ2) is 15.0. The molecular weight excluding hydrogens is 639 g/mol. The van der Waals surface area contributed by atoms with Crippen LogP contribution in [0.2, 0.25) is 0 Å². The number of amides is 3. The first kappa shape index (κ1) is 32.5. The van der Waals surface area contributed by atoms with Gasteiger partial charge in [0.2, 0.25) is 5.91 Å². The predicted molar refractivity (Wildman–Crippen MR) is 192 cm³/mol. The highest BCUT2D eigenvalue weighted by Crippen LogP contribution is 2.37. The normalized spacial score (nSPS) is 11.8. The SMILES string of the molecule is O=C(Nc1ccc(S[C@H](C(=O)Nc2ccc([N+](=O)[O-])cc2)c2ccccc2)cc1)/C(=C/c1c[nH]c2ccccc12)NC(=O)c1ccccc1. The molecule has 0 aliphatic carbocycles. The molecule has 0 unspecified atom stereocenters. The molecule has 49 heavy (non-hydrogen) atoms.